The SMILES string of the molecule is FC(F)(F)c1cccc(Nc2nc(-c3ccc(C(F)(F)F)nc3)cs2)c1. The molecule has 0 unspecified atom stereocenters. The van der Waals surface area contributed by atoms with Gasteiger partial charge in [-0.25, -0.2) is 4.98 Å². The molecule has 0 aliphatic rings. The number of anilines is 2. The molecule has 0 atom stereocenters. The molecule has 1 N–H and O–H groups in total. The van der Waals surface area contributed by atoms with Gasteiger partial charge >= 0.3 is 12.4 Å². The van der Waals surface area contributed by atoms with E-state index >= 15 is 0 Å². The number of pyridine rings is 1. The van der Waals surface area contributed by atoms with E-state index in [-0.39, 0.29) is 5.69 Å². The maximum absolute atomic E-state index is 12.7. The van der Waals surface area contributed by atoms with Crippen LogP contribution >= 0.6 is 11.3 Å². The van der Waals surface area contributed by atoms with Crippen LogP contribution in [-0.4, -0.2) is 9.97 Å². The smallest absolute Gasteiger partial charge is 0.332 e. The number of nitrogens with one attached hydrogen (secondary N) is 1. The van der Waals surface area contributed by atoms with Crippen LogP contribution in [0.25, 0.3) is 11.3 Å². The van der Waals surface area contributed by atoms with Gasteiger partial charge in [0.2, 0.25) is 0 Å². The molecule has 3 rings (SSSR count). The first kappa shape index (κ1) is 18.2. The van der Waals surface area contributed by atoms with E-state index in [0.29, 0.717) is 16.4 Å². The minimum absolute atomic E-state index is 0.200. The molecular formula is C16H9F6N3S. The molecular weight excluding hydrogens is 380 g/mol. The number of hydrogen-bond donors (Lipinski definition) is 1. The summed E-state index contributed by atoms with van der Waals surface area (Å²) in [4.78, 5) is 7.52. The standard InChI is InChI=1S/C16H9F6N3S/c17-15(18,19)10-2-1-3-11(6-10)24-14-25-12(8-26-14)9-4-5-13(23-7-9)16(20,21)22/h1-8H,(H,24,25). The Morgan fingerprint density at radius 1 is 0.923 bits per heavy atom. The van der Waals surface area contributed by atoms with Gasteiger partial charge in [0.05, 0.1) is 11.3 Å². The van der Waals surface area contributed by atoms with Crippen LogP contribution in [0.4, 0.5) is 37.2 Å². The van der Waals surface area contributed by atoms with Crippen LogP contribution in [0, 0.1) is 0 Å². The Hall–Kier alpha value is -2.62. The zero-order chi connectivity index (χ0) is 18.9. The molecule has 0 saturated heterocycles. The summed E-state index contributed by atoms with van der Waals surface area (Å²) >= 11 is 1.11. The van der Waals surface area contributed by atoms with Crippen molar-refractivity contribution in [2.45, 2.75) is 12.4 Å². The summed E-state index contributed by atoms with van der Waals surface area (Å²) in [6, 6.07) is 6.69. The van der Waals surface area contributed by atoms with E-state index in [1.165, 1.54) is 18.2 Å². The van der Waals surface area contributed by atoms with Gasteiger partial charge < -0.3 is 5.32 Å². The highest BCUT2D eigenvalue weighted by molar-refractivity contribution is 7.14. The van der Waals surface area contributed by atoms with Gasteiger partial charge in [0.15, 0.2) is 5.13 Å². The number of benzene rings is 1. The second kappa shape index (κ2) is 6.60. The highest BCUT2D eigenvalue weighted by atomic mass is 32.1. The molecule has 2 heterocycles. The van der Waals surface area contributed by atoms with Crippen LogP contribution in [0.3, 0.4) is 0 Å². The van der Waals surface area contributed by atoms with Gasteiger partial charge in [-0.05, 0) is 30.3 Å². The normalized spacial score (nSPS) is 12.2. The lowest BCUT2D eigenvalue weighted by Crippen LogP contribution is -2.07. The predicted molar refractivity (Wildman–Crippen MR) is 85.1 cm³/mol. The van der Waals surface area contributed by atoms with Gasteiger partial charge in [-0.3, -0.25) is 4.98 Å². The third-order valence-corrected chi connectivity index (χ3v) is 4.05. The van der Waals surface area contributed by atoms with Gasteiger partial charge in [-0.1, -0.05) is 6.07 Å². The molecule has 0 radical (unpaired) electrons. The van der Waals surface area contributed by atoms with E-state index in [1.54, 1.807) is 5.38 Å². The monoisotopic (exact) mass is 389 g/mol. The fourth-order valence-electron chi connectivity index (χ4n) is 2.07. The number of alkyl halides is 6. The van der Waals surface area contributed by atoms with Crippen molar-refractivity contribution in [1.29, 1.82) is 0 Å². The molecule has 136 valence electrons. The van der Waals surface area contributed by atoms with Crippen molar-refractivity contribution in [3.8, 4) is 11.3 Å². The fraction of sp³-hybridized carbons (Fsp3) is 0.125. The minimum atomic E-state index is -4.53. The van der Waals surface area contributed by atoms with Gasteiger partial charge in [-0.2, -0.15) is 26.3 Å². The Labute approximate surface area is 147 Å². The molecule has 1 aromatic carbocycles. The van der Waals surface area contributed by atoms with Crippen LogP contribution in [0.2, 0.25) is 0 Å². The first-order valence-corrected chi connectivity index (χ1v) is 7.94. The number of hydrogen-bond acceptors (Lipinski definition) is 4. The van der Waals surface area contributed by atoms with Crippen LogP contribution in [0.15, 0.2) is 48.0 Å². The van der Waals surface area contributed by atoms with Crippen molar-refractivity contribution in [1.82, 2.24) is 9.97 Å². The van der Waals surface area contributed by atoms with E-state index in [4.69, 9.17) is 0 Å². The number of nitrogens with zero attached hydrogens (tertiary/aromatic N) is 2. The fourth-order valence-corrected chi connectivity index (χ4v) is 2.81. The first-order valence-electron chi connectivity index (χ1n) is 7.06. The maximum Gasteiger partial charge on any atom is 0.433 e. The molecule has 2 aromatic heterocycles. The third-order valence-electron chi connectivity index (χ3n) is 3.30. The van der Waals surface area contributed by atoms with Crippen molar-refractivity contribution in [3.05, 3.63) is 59.2 Å². The van der Waals surface area contributed by atoms with E-state index in [1.807, 2.05) is 0 Å². The number of thiazole rings is 1. The molecule has 0 saturated carbocycles. The maximum atomic E-state index is 12.7. The lowest BCUT2D eigenvalue weighted by atomic mass is 10.2. The molecule has 3 nitrogen and oxygen atoms in total. The molecule has 0 aliphatic heterocycles. The molecule has 10 heteroatoms. The molecule has 26 heavy (non-hydrogen) atoms. The molecule has 0 fully saturated rings. The average molecular weight is 389 g/mol. The highest BCUT2D eigenvalue weighted by Crippen LogP contribution is 2.33. The quantitative estimate of drug-likeness (QED) is 0.560. The van der Waals surface area contributed by atoms with Gasteiger partial charge in [0.1, 0.15) is 5.69 Å². The number of aromatic nitrogens is 2. The average Bonchev–Trinajstić information content (AvgIpc) is 3.02. The second-order valence-electron chi connectivity index (χ2n) is 5.17. The van der Waals surface area contributed by atoms with Crippen LogP contribution in [0.1, 0.15) is 11.3 Å². The van der Waals surface area contributed by atoms with Crippen molar-refractivity contribution in [2.75, 3.05) is 5.32 Å². The summed E-state index contributed by atoms with van der Waals surface area (Å²) in [6.07, 6.45) is -7.94. The van der Waals surface area contributed by atoms with Crippen molar-refractivity contribution in [2.24, 2.45) is 0 Å². The molecule has 0 aliphatic carbocycles. The Bertz CT molecular complexity index is 899. The second-order valence-corrected chi connectivity index (χ2v) is 6.03. The molecule has 0 bridgehead atoms. The zero-order valence-corrected chi connectivity index (χ0v) is 13.5. The highest BCUT2D eigenvalue weighted by Gasteiger charge is 2.32. The summed E-state index contributed by atoms with van der Waals surface area (Å²) in [5.74, 6) is 0. The molecule has 0 spiro atoms. The zero-order valence-electron chi connectivity index (χ0n) is 12.7. The van der Waals surface area contributed by atoms with E-state index in [2.05, 4.69) is 15.3 Å². The number of rotatable bonds is 3. The molecule has 3 aromatic rings. The van der Waals surface area contributed by atoms with Crippen molar-refractivity contribution >= 4 is 22.2 Å². The summed E-state index contributed by atoms with van der Waals surface area (Å²) in [5, 5.41) is 4.62. The van der Waals surface area contributed by atoms with E-state index in [9.17, 15) is 26.3 Å². The van der Waals surface area contributed by atoms with E-state index < -0.39 is 23.6 Å². The van der Waals surface area contributed by atoms with Crippen LogP contribution < -0.4 is 5.32 Å². The minimum Gasteiger partial charge on any atom is -0.332 e. The summed E-state index contributed by atoms with van der Waals surface area (Å²) in [5.41, 5.74) is -0.881. The van der Waals surface area contributed by atoms with Crippen molar-refractivity contribution in [3.63, 3.8) is 0 Å². The van der Waals surface area contributed by atoms with E-state index in [0.717, 1.165) is 35.7 Å². The Morgan fingerprint density at radius 3 is 2.31 bits per heavy atom. The first-order chi connectivity index (χ1) is 12.1. The lowest BCUT2D eigenvalue weighted by molar-refractivity contribution is -0.141. The third kappa shape index (κ3) is 4.13. The van der Waals surface area contributed by atoms with Gasteiger partial charge in [0, 0.05) is 22.8 Å². The Balaban J connectivity index is 1.78. The summed E-state index contributed by atoms with van der Waals surface area (Å²) in [6.45, 7) is 0. The Morgan fingerprint density at radius 2 is 1.69 bits per heavy atom. The van der Waals surface area contributed by atoms with Crippen LogP contribution in [-0.2, 0) is 12.4 Å². The number of halogens is 6. The predicted octanol–water partition coefficient (Wildman–Crippen LogP) is 5.99. The summed E-state index contributed by atoms with van der Waals surface area (Å²) in [7, 11) is 0. The Kier molecular flexibility index (Phi) is 4.61. The summed E-state index contributed by atoms with van der Waals surface area (Å²) < 4.78 is 75.7. The molecule has 0 amide bonds. The van der Waals surface area contributed by atoms with Gasteiger partial charge in [-0.15, -0.1) is 11.3 Å². The van der Waals surface area contributed by atoms with Crippen LogP contribution in [0.5, 0.6) is 0 Å². The topological polar surface area (TPSA) is 37.8 Å². The lowest BCUT2D eigenvalue weighted by Gasteiger charge is -2.09. The van der Waals surface area contributed by atoms with Crippen molar-refractivity contribution < 1.29 is 26.3 Å². The van der Waals surface area contributed by atoms with Gasteiger partial charge in [0.25, 0.3) is 0 Å². The largest absolute Gasteiger partial charge is 0.433 e.